The summed E-state index contributed by atoms with van der Waals surface area (Å²) in [6.45, 7) is 4.02. The van der Waals surface area contributed by atoms with Gasteiger partial charge in [-0.15, -0.1) is 11.3 Å². The Morgan fingerprint density at radius 1 is 1.69 bits per heavy atom. The summed E-state index contributed by atoms with van der Waals surface area (Å²) in [6, 6.07) is -0.997. The summed E-state index contributed by atoms with van der Waals surface area (Å²) < 4.78 is 0. The first-order valence-electron chi connectivity index (χ1n) is 3.96. The van der Waals surface area contributed by atoms with Crippen LogP contribution in [0, 0.1) is 0 Å². The van der Waals surface area contributed by atoms with Gasteiger partial charge < -0.3 is 10.8 Å². The van der Waals surface area contributed by atoms with Gasteiger partial charge in [0.15, 0.2) is 0 Å². The average Bonchev–Trinajstić information content (AvgIpc) is 2.50. The highest BCUT2D eigenvalue weighted by molar-refractivity contribution is 7.09. The third-order valence-electron chi connectivity index (χ3n) is 1.62. The molecule has 0 bridgehead atoms. The number of hydrogen-bond acceptors (Lipinski definition) is 4. The molecule has 3 N–H and O–H groups in total. The normalized spacial score (nSPS) is 13.2. The van der Waals surface area contributed by atoms with Crippen molar-refractivity contribution in [3.63, 3.8) is 0 Å². The van der Waals surface area contributed by atoms with E-state index in [1.165, 1.54) is 11.3 Å². The van der Waals surface area contributed by atoms with E-state index < -0.39 is 12.0 Å². The van der Waals surface area contributed by atoms with Crippen LogP contribution in [0.15, 0.2) is 5.38 Å². The second kappa shape index (κ2) is 3.85. The van der Waals surface area contributed by atoms with Gasteiger partial charge in [-0.2, -0.15) is 0 Å². The highest BCUT2D eigenvalue weighted by atomic mass is 32.1. The molecule has 1 heterocycles. The minimum absolute atomic E-state index is 0.319. The van der Waals surface area contributed by atoms with Crippen molar-refractivity contribution < 1.29 is 9.90 Å². The lowest BCUT2D eigenvalue weighted by atomic mass is 10.2. The maximum atomic E-state index is 10.5. The lowest BCUT2D eigenvalue weighted by Crippen LogP contribution is -2.20. The first-order chi connectivity index (χ1) is 6.02. The monoisotopic (exact) mass is 200 g/mol. The number of carboxylic acid groups (broad SMARTS) is 1. The number of thiazole rings is 1. The van der Waals surface area contributed by atoms with Crippen LogP contribution in [0.5, 0.6) is 0 Å². The van der Waals surface area contributed by atoms with E-state index in [1.807, 2.05) is 13.8 Å². The number of carboxylic acids is 1. The smallest absolute Gasteiger partial charge is 0.326 e. The first kappa shape index (κ1) is 10.1. The Balaban J connectivity index is 2.85. The van der Waals surface area contributed by atoms with Crippen molar-refractivity contribution in [2.24, 2.45) is 5.73 Å². The number of nitrogens with zero attached hydrogens (tertiary/aromatic N) is 1. The van der Waals surface area contributed by atoms with Gasteiger partial charge in [-0.3, -0.25) is 4.79 Å². The molecule has 13 heavy (non-hydrogen) atoms. The summed E-state index contributed by atoms with van der Waals surface area (Å²) in [5.74, 6) is -0.722. The van der Waals surface area contributed by atoms with Crippen LogP contribution in [0.1, 0.15) is 36.5 Å². The first-order valence-corrected chi connectivity index (χ1v) is 4.84. The van der Waals surface area contributed by atoms with Crippen LogP contribution in [0.4, 0.5) is 0 Å². The van der Waals surface area contributed by atoms with Crippen molar-refractivity contribution in [3.05, 3.63) is 16.1 Å². The van der Waals surface area contributed by atoms with Gasteiger partial charge in [-0.05, 0) is 0 Å². The lowest BCUT2D eigenvalue weighted by molar-refractivity contribution is -0.138. The van der Waals surface area contributed by atoms with Gasteiger partial charge in [0.05, 0.1) is 10.7 Å². The van der Waals surface area contributed by atoms with E-state index in [2.05, 4.69) is 4.98 Å². The zero-order valence-electron chi connectivity index (χ0n) is 7.52. The molecule has 0 saturated carbocycles. The van der Waals surface area contributed by atoms with E-state index in [-0.39, 0.29) is 0 Å². The molecule has 0 unspecified atom stereocenters. The molecular weight excluding hydrogens is 188 g/mol. The molecule has 0 radical (unpaired) electrons. The minimum Gasteiger partial charge on any atom is -0.480 e. The fraction of sp³-hybridized carbons (Fsp3) is 0.500. The number of carbonyl (C=O) groups is 1. The Kier molecular flexibility index (Phi) is 3.00. The summed E-state index contributed by atoms with van der Waals surface area (Å²) >= 11 is 1.45. The van der Waals surface area contributed by atoms with Crippen molar-refractivity contribution in [2.75, 3.05) is 0 Å². The molecule has 0 fully saturated rings. The molecule has 1 rings (SSSR count). The highest BCUT2D eigenvalue weighted by Crippen LogP contribution is 2.21. The van der Waals surface area contributed by atoms with Crippen molar-refractivity contribution in [1.82, 2.24) is 4.98 Å². The maximum absolute atomic E-state index is 10.5. The Hall–Kier alpha value is -0.940. The average molecular weight is 200 g/mol. The Labute approximate surface area is 80.4 Å². The molecule has 0 spiro atoms. The molecule has 1 aromatic rings. The molecule has 5 heteroatoms. The van der Waals surface area contributed by atoms with Gasteiger partial charge in [-0.25, -0.2) is 4.98 Å². The SMILES string of the molecule is CC(C)c1nc([C@@H](N)C(=O)O)cs1. The molecule has 1 aromatic heterocycles. The Bertz CT molecular complexity index is 309. The molecule has 4 nitrogen and oxygen atoms in total. The lowest BCUT2D eigenvalue weighted by Gasteiger charge is -2.01. The van der Waals surface area contributed by atoms with Crippen molar-refractivity contribution >= 4 is 17.3 Å². The minimum atomic E-state index is -1.04. The summed E-state index contributed by atoms with van der Waals surface area (Å²) in [6.07, 6.45) is 0. The Morgan fingerprint density at radius 3 is 2.69 bits per heavy atom. The van der Waals surface area contributed by atoms with E-state index in [9.17, 15) is 4.79 Å². The van der Waals surface area contributed by atoms with Crippen LogP contribution in [-0.2, 0) is 4.79 Å². The molecule has 0 saturated heterocycles. The Morgan fingerprint density at radius 2 is 2.31 bits per heavy atom. The summed E-state index contributed by atoms with van der Waals surface area (Å²) in [7, 11) is 0. The largest absolute Gasteiger partial charge is 0.480 e. The fourth-order valence-electron chi connectivity index (χ4n) is 0.835. The van der Waals surface area contributed by atoms with Crippen LogP contribution < -0.4 is 5.73 Å². The quantitative estimate of drug-likeness (QED) is 0.772. The molecule has 0 aliphatic carbocycles. The van der Waals surface area contributed by atoms with Gasteiger partial charge in [0.2, 0.25) is 0 Å². The van der Waals surface area contributed by atoms with Gasteiger partial charge in [0, 0.05) is 11.3 Å². The third-order valence-corrected chi connectivity index (χ3v) is 2.78. The number of aliphatic carboxylic acids is 1. The zero-order chi connectivity index (χ0) is 10.0. The van der Waals surface area contributed by atoms with Crippen molar-refractivity contribution in [2.45, 2.75) is 25.8 Å². The van der Waals surface area contributed by atoms with Crippen LogP contribution in [0.3, 0.4) is 0 Å². The van der Waals surface area contributed by atoms with Gasteiger partial charge in [0.25, 0.3) is 0 Å². The number of aromatic nitrogens is 1. The maximum Gasteiger partial charge on any atom is 0.326 e. The third kappa shape index (κ3) is 2.26. The predicted molar refractivity (Wildman–Crippen MR) is 50.8 cm³/mol. The second-order valence-corrected chi connectivity index (χ2v) is 3.97. The summed E-state index contributed by atoms with van der Waals surface area (Å²) in [4.78, 5) is 14.7. The van der Waals surface area contributed by atoms with Crippen molar-refractivity contribution in [1.29, 1.82) is 0 Å². The summed E-state index contributed by atoms with van der Waals surface area (Å²) in [5.41, 5.74) is 5.84. The molecule has 1 atom stereocenters. The molecule has 0 aliphatic rings. The highest BCUT2D eigenvalue weighted by Gasteiger charge is 2.18. The van der Waals surface area contributed by atoms with E-state index in [0.717, 1.165) is 5.01 Å². The zero-order valence-corrected chi connectivity index (χ0v) is 8.34. The number of nitrogens with two attached hydrogens (primary N) is 1. The second-order valence-electron chi connectivity index (χ2n) is 3.08. The molecule has 0 amide bonds. The van der Waals surface area contributed by atoms with E-state index in [0.29, 0.717) is 11.6 Å². The van der Waals surface area contributed by atoms with Crippen LogP contribution >= 0.6 is 11.3 Å². The van der Waals surface area contributed by atoms with Gasteiger partial charge in [-0.1, -0.05) is 13.8 Å². The van der Waals surface area contributed by atoms with Crippen LogP contribution in [0.25, 0.3) is 0 Å². The summed E-state index contributed by atoms with van der Waals surface area (Å²) in [5, 5.41) is 11.2. The van der Waals surface area contributed by atoms with Crippen molar-refractivity contribution in [3.8, 4) is 0 Å². The molecular formula is C8H12N2O2S. The molecule has 72 valence electrons. The van der Waals surface area contributed by atoms with Gasteiger partial charge >= 0.3 is 5.97 Å². The topological polar surface area (TPSA) is 76.2 Å². The van der Waals surface area contributed by atoms with Crippen LogP contribution in [-0.4, -0.2) is 16.1 Å². The fourth-order valence-corrected chi connectivity index (χ4v) is 1.71. The van der Waals surface area contributed by atoms with E-state index in [1.54, 1.807) is 5.38 Å². The van der Waals surface area contributed by atoms with E-state index >= 15 is 0 Å². The number of hydrogen-bond donors (Lipinski definition) is 2. The van der Waals surface area contributed by atoms with Gasteiger partial charge in [0.1, 0.15) is 6.04 Å². The molecule has 0 aliphatic heterocycles. The van der Waals surface area contributed by atoms with Crippen LogP contribution in [0.2, 0.25) is 0 Å². The number of rotatable bonds is 3. The van der Waals surface area contributed by atoms with E-state index in [4.69, 9.17) is 10.8 Å². The molecule has 0 aromatic carbocycles. The predicted octanol–water partition coefficient (Wildman–Crippen LogP) is 1.35. The standard InChI is InChI=1S/C8H12N2O2S/c1-4(2)7-10-5(3-13-7)6(9)8(11)12/h3-4,6H,9H2,1-2H3,(H,11,12)/t6-/m1/s1.